The van der Waals surface area contributed by atoms with E-state index in [-0.39, 0.29) is 61.1 Å². The average Bonchev–Trinajstić information content (AvgIpc) is 3.31. The molecular formula is C42H27N11O16S3. The molecule has 27 nitrogen and oxygen atoms in total. The van der Waals surface area contributed by atoms with Crippen LogP contribution in [0.25, 0.3) is 32.3 Å². The smallest absolute Gasteiger partial charge is 0.297 e. The number of nitro benzene ring substituents is 2. The number of rotatable bonds is 13. The number of anilines is 1. The number of benzene rings is 8. The number of phenols is 3. The minimum absolute atomic E-state index is 0.00657. The van der Waals surface area contributed by atoms with Gasteiger partial charge in [0.05, 0.1) is 38.0 Å². The van der Waals surface area contributed by atoms with Crippen molar-refractivity contribution >= 4 is 125 Å². The predicted octanol–water partition coefficient (Wildman–Crippen LogP) is 11.1. The van der Waals surface area contributed by atoms with E-state index in [0.717, 1.165) is 36.4 Å². The molecule has 0 aliphatic rings. The van der Waals surface area contributed by atoms with Crippen molar-refractivity contribution in [2.24, 2.45) is 40.9 Å². The van der Waals surface area contributed by atoms with Crippen LogP contribution < -0.4 is 5.73 Å². The van der Waals surface area contributed by atoms with E-state index in [0.29, 0.717) is 11.5 Å². The van der Waals surface area contributed by atoms with Gasteiger partial charge in [-0.2, -0.15) is 40.6 Å². The van der Waals surface area contributed by atoms with Crippen molar-refractivity contribution in [2.45, 2.75) is 14.7 Å². The number of nitrogens with zero attached hydrogens (tertiary/aromatic N) is 10. The minimum Gasteiger partial charge on any atom is -0.505 e. The molecule has 0 heterocycles. The summed E-state index contributed by atoms with van der Waals surface area (Å²) in [4.78, 5) is 17.9. The van der Waals surface area contributed by atoms with Crippen LogP contribution in [0.1, 0.15) is 0 Å². The van der Waals surface area contributed by atoms with E-state index in [1.165, 1.54) is 72.8 Å². The summed E-state index contributed by atoms with van der Waals surface area (Å²) < 4.78 is 104. The number of phenolic OH excluding ortho intramolecular Hbond substituents is 3. The molecular weight excluding hydrogens is 1010 g/mol. The number of azo groups is 4. The number of nitrogens with two attached hydrogens (primary N) is 1. The van der Waals surface area contributed by atoms with E-state index >= 15 is 0 Å². The summed E-state index contributed by atoms with van der Waals surface area (Å²) in [7, 11) is -15.1. The van der Waals surface area contributed by atoms with Crippen molar-refractivity contribution in [3.8, 4) is 17.2 Å². The topological polar surface area (TPSA) is 435 Å². The van der Waals surface area contributed by atoms with Crippen molar-refractivity contribution < 1.29 is 64.1 Å². The quantitative estimate of drug-likeness (QED) is 0.0185. The number of nitro groups is 2. The molecule has 0 fully saturated rings. The molecule has 30 heteroatoms. The number of hydrogen-bond acceptors (Lipinski definition) is 22. The van der Waals surface area contributed by atoms with E-state index in [2.05, 4.69) is 40.9 Å². The Morgan fingerprint density at radius 1 is 0.417 bits per heavy atom. The summed E-state index contributed by atoms with van der Waals surface area (Å²) in [6.45, 7) is 0. The molecule has 8 aromatic carbocycles. The second kappa shape index (κ2) is 18.5. The van der Waals surface area contributed by atoms with Gasteiger partial charge in [-0.25, -0.2) is 0 Å². The summed E-state index contributed by atoms with van der Waals surface area (Å²) in [6.07, 6.45) is 0. The second-order valence-corrected chi connectivity index (χ2v) is 19.1. The lowest BCUT2D eigenvalue weighted by Crippen LogP contribution is -2.01. The lowest BCUT2D eigenvalue weighted by atomic mass is 10.1. The Morgan fingerprint density at radius 2 is 0.861 bits per heavy atom. The van der Waals surface area contributed by atoms with E-state index in [1.54, 1.807) is 0 Å². The molecule has 8 N–H and O–H groups in total. The third-order valence-corrected chi connectivity index (χ3v) is 13.0. The van der Waals surface area contributed by atoms with Gasteiger partial charge in [0.2, 0.25) is 0 Å². The van der Waals surface area contributed by atoms with Gasteiger partial charge in [0, 0.05) is 35.0 Å². The van der Waals surface area contributed by atoms with Crippen LogP contribution in [0, 0.1) is 20.2 Å². The Labute approximate surface area is 401 Å². The second-order valence-electron chi connectivity index (χ2n) is 14.9. The molecule has 0 saturated carbocycles. The maximum Gasteiger partial charge on any atom is 0.297 e. The van der Waals surface area contributed by atoms with Gasteiger partial charge in [0.15, 0.2) is 17.2 Å². The lowest BCUT2D eigenvalue weighted by Gasteiger charge is -2.12. The summed E-state index contributed by atoms with van der Waals surface area (Å²) in [6, 6.07) is 22.3. The van der Waals surface area contributed by atoms with Crippen molar-refractivity contribution in [3.05, 3.63) is 135 Å². The highest BCUT2D eigenvalue weighted by atomic mass is 32.2. The number of fused-ring (bicyclic) bond motifs is 3. The molecule has 0 unspecified atom stereocenters. The first-order valence-corrected chi connectivity index (χ1v) is 24.0. The molecule has 0 amide bonds. The highest BCUT2D eigenvalue weighted by molar-refractivity contribution is 7.86. The van der Waals surface area contributed by atoms with E-state index in [4.69, 9.17) is 5.73 Å². The molecule has 0 atom stereocenters. The minimum atomic E-state index is -5.10. The van der Waals surface area contributed by atoms with Crippen molar-refractivity contribution in [2.75, 3.05) is 5.73 Å². The first-order valence-electron chi connectivity index (χ1n) is 19.6. The Bertz CT molecular complexity index is 4140. The van der Waals surface area contributed by atoms with Gasteiger partial charge in [0.25, 0.3) is 41.7 Å². The number of non-ortho nitro benzene ring substituents is 2. The molecule has 0 bridgehead atoms. The summed E-state index contributed by atoms with van der Waals surface area (Å²) in [5, 5.41) is 87.2. The van der Waals surface area contributed by atoms with Gasteiger partial charge in [-0.1, -0.05) is 12.1 Å². The lowest BCUT2D eigenvalue weighted by molar-refractivity contribution is -0.385. The third kappa shape index (κ3) is 9.91. The van der Waals surface area contributed by atoms with Crippen molar-refractivity contribution in [1.82, 2.24) is 0 Å². The Hall–Kier alpha value is -9.33. The highest BCUT2D eigenvalue weighted by Crippen LogP contribution is 2.47. The van der Waals surface area contributed by atoms with Crippen LogP contribution >= 0.6 is 0 Å². The van der Waals surface area contributed by atoms with Crippen LogP contribution in [-0.2, 0) is 30.4 Å². The van der Waals surface area contributed by atoms with E-state index in [1.807, 2.05) is 0 Å². The SMILES string of the molecule is Nc1c(N=Nc2ccc3c(O)c(N=Nc4ccc([N+](=O)[O-])cc4)c(S(=O)(=O)O)cc3c2)c(S(=O)(=O)O)cc2ccc(N=Nc3ccc4c(O)c(N=Nc5ccc([N+](=O)[O-])cc5S(=O)(=O)O)ccc4c3)c(O)c12. The summed E-state index contributed by atoms with van der Waals surface area (Å²) >= 11 is 0. The molecule has 72 heavy (non-hydrogen) atoms. The maximum absolute atomic E-state index is 12.6. The first-order chi connectivity index (χ1) is 33.9. The number of nitrogen functional groups attached to an aromatic ring is 1. The molecule has 0 aliphatic heterocycles. The van der Waals surface area contributed by atoms with Crippen LogP contribution in [0.15, 0.2) is 171 Å². The number of aromatic hydroxyl groups is 3. The average molecular weight is 1040 g/mol. The summed E-state index contributed by atoms with van der Waals surface area (Å²) in [5.41, 5.74) is 2.94. The fourth-order valence-electron chi connectivity index (χ4n) is 6.95. The number of hydrogen-bond donors (Lipinski definition) is 7. The normalized spacial score (nSPS) is 12.7. The monoisotopic (exact) mass is 1040 g/mol. The van der Waals surface area contributed by atoms with Gasteiger partial charge in [-0.3, -0.25) is 33.9 Å². The molecule has 0 aromatic heterocycles. The van der Waals surface area contributed by atoms with Gasteiger partial charge in [0.1, 0.15) is 43.1 Å². The van der Waals surface area contributed by atoms with Crippen LogP contribution in [-0.4, -0.2) is 64.1 Å². The third-order valence-electron chi connectivity index (χ3n) is 10.3. The predicted molar refractivity (Wildman–Crippen MR) is 254 cm³/mol. The van der Waals surface area contributed by atoms with Crippen LogP contribution in [0.5, 0.6) is 17.2 Å². The Balaban J connectivity index is 1.10. The summed E-state index contributed by atoms with van der Waals surface area (Å²) in [5.74, 6) is -1.80. The largest absolute Gasteiger partial charge is 0.505 e. The van der Waals surface area contributed by atoms with Crippen LogP contribution in [0.4, 0.5) is 62.6 Å². The maximum atomic E-state index is 12.6. The molecule has 364 valence electrons. The standard InChI is InChI=1S/C42H27N11O16S3/c43-37-36-21(2-13-32(42(36)56)48-45-24-5-10-28-20(15-24)1-12-31(40(28)54)49-47-30-14-9-27(53(59)60)19-33(30)70(61,62)63)17-34(71(64,65)66)38(37)50-46-25-6-11-29-22(16-25)18-35(72(67,68)69)39(41(29)55)51-44-23-3-7-26(8-4-23)52(57)58/h1-19,54-56H,43H2,(H,61,62,63)(H,64,65,66)(H,67,68,69). The Kier molecular flexibility index (Phi) is 12.6. The molecule has 0 saturated heterocycles. The van der Waals surface area contributed by atoms with Gasteiger partial charge in [-0.05, 0) is 95.0 Å². The first kappa shape index (κ1) is 49.1. The molecule has 8 aromatic rings. The van der Waals surface area contributed by atoms with Crippen LogP contribution in [0.2, 0.25) is 0 Å². The zero-order chi connectivity index (χ0) is 52.0. The van der Waals surface area contributed by atoms with Crippen molar-refractivity contribution in [3.63, 3.8) is 0 Å². The van der Waals surface area contributed by atoms with E-state index in [9.17, 15) is 74.5 Å². The van der Waals surface area contributed by atoms with Crippen LogP contribution in [0.3, 0.4) is 0 Å². The molecule has 0 aliphatic carbocycles. The Morgan fingerprint density at radius 3 is 1.47 bits per heavy atom. The van der Waals surface area contributed by atoms with E-state index < -0.39 is 101 Å². The zero-order valence-corrected chi connectivity index (χ0v) is 38.0. The van der Waals surface area contributed by atoms with Gasteiger partial charge >= 0.3 is 0 Å². The molecule has 0 spiro atoms. The molecule has 0 radical (unpaired) electrons. The zero-order valence-electron chi connectivity index (χ0n) is 35.5. The van der Waals surface area contributed by atoms with Crippen molar-refractivity contribution in [1.29, 1.82) is 0 Å². The highest BCUT2D eigenvalue weighted by Gasteiger charge is 2.26. The fraction of sp³-hybridized carbons (Fsp3) is 0. The van der Waals surface area contributed by atoms with Gasteiger partial charge < -0.3 is 21.1 Å². The van der Waals surface area contributed by atoms with Gasteiger partial charge in [-0.15, -0.1) is 25.6 Å². The molecule has 8 rings (SSSR count). The fourth-order valence-corrected chi connectivity index (χ4v) is 8.92.